The second-order valence-electron chi connectivity index (χ2n) is 3.84. The molecule has 0 amide bonds. The molecule has 0 aliphatic heterocycles. The third-order valence-electron chi connectivity index (χ3n) is 2.57. The number of halogens is 1. The molecule has 0 fully saturated rings. The van der Waals surface area contributed by atoms with E-state index < -0.39 is 5.56 Å². The number of aromatic nitrogens is 2. The van der Waals surface area contributed by atoms with Gasteiger partial charge in [-0.3, -0.25) is 9.78 Å². The Morgan fingerprint density at radius 2 is 2.20 bits per heavy atom. The summed E-state index contributed by atoms with van der Waals surface area (Å²) in [6.07, 6.45) is 0. The van der Waals surface area contributed by atoms with Gasteiger partial charge in [-0.05, 0) is 37.3 Å². The van der Waals surface area contributed by atoms with Crippen molar-refractivity contribution >= 4 is 28.1 Å². The molecule has 2 rings (SSSR count). The molecule has 0 radical (unpaired) electrons. The van der Waals surface area contributed by atoms with Crippen LogP contribution < -0.4 is 10.3 Å². The lowest BCUT2D eigenvalue weighted by Crippen LogP contribution is -2.14. The second kappa shape index (κ2) is 6.03. The monoisotopic (exact) mass is 351 g/mol. The summed E-state index contributed by atoms with van der Waals surface area (Å²) in [7, 11) is 0. The number of ether oxygens (including phenoxy) is 1. The highest BCUT2D eigenvalue weighted by Crippen LogP contribution is 2.32. The van der Waals surface area contributed by atoms with Gasteiger partial charge in [-0.2, -0.15) is 5.26 Å². The zero-order valence-electron chi connectivity index (χ0n) is 10.5. The maximum Gasteiger partial charge on any atom is 0.270 e. The van der Waals surface area contributed by atoms with Gasteiger partial charge in [0, 0.05) is 10.0 Å². The minimum atomic E-state index is -0.520. The highest BCUT2D eigenvalue weighted by atomic mass is 79.9. The van der Waals surface area contributed by atoms with Crippen molar-refractivity contribution in [2.24, 2.45) is 0 Å². The fraction of sp³-hybridized carbons (Fsp3) is 0.154. The van der Waals surface area contributed by atoms with Crippen molar-refractivity contribution in [1.29, 1.82) is 5.26 Å². The molecule has 2 N–H and O–H groups in total. The van der Waals surface area contributed by atoms with Crippen LogP contribution in [0.15, 0.2) is 27.5 Å². The highest BCUT2D eigenvalue weighted by Gasteiger charge is 2.15. The molecule has 7 heteroatoms. The largest absolute Gasteiger partial charge is 0.493 e. The van der Waals surface area contributed by atoms with Crippen LogP contribution in [0.3, 0.4) is 0 Å². The molecule has 1 heterocycles. The van der Waals surface area contributed by atoms with E-state index in [1.165, 1.54) is 0 Å². The van der Waals surface area contributed by atoms with E-state index in [1.54, 1.807) is 12.1 Å². The molecule has 2 aromatic rings. The van der Waals surface area contributed by atoms with Gasteiger partial charge in [0.2, 0.25) is 0 Å². The lowest BCUT2D eigenvalue weighted by molar-refractivity contribution is 0.341. The van der Waals surface area contributed by atoms with Gasteiger partial charge in [-0.25, -0.2) is 0 Å². The van der Waals surface area contributed by atoms with Crippen LogP contribution in [-0.2, 0) is 0 Å². The number of nitrogens with zero attached hydrogens (tertiary/aromatic N) is 1. The Kier molecular flexibility index (Phi) is 4.37. The Hall–Kier alpha value is -1.91. The SMILES string of the molecule is CCOc1ccc(Br)cc1-c1[nH]c(=S)[nH]c(=O)c1C#N. The zero-order valence-corrected chi connectivity index (χ0v) is 12.9. The number of rotatable bonds is 3. The predicted molar refractivity (Wildman–Crippen MR) is 81.3 cm³/mol. The molecule has 0 bridgehead atoms. The molecule has 0 saturated heterocycles. The van der Waals surface area contributed by atoms with Crippen molar-refractivity contribution in [3.63, 3.8) is 0 Å². The number of hydrogen-bond donors (Lipinski definition) is 2. The Labute approximate surface area is 128 Å². The van der Waals surface area contributed by atoms with Crippen LogP contribution in [0.1, 0.15) is 12.5 Å². The van der Waals surface area contributed by atoms with Crippen LogP contribution in [0.2, 0.25) is 0 Å². The van der Waals surface area contributed by atoms with Crippen LogP contribution in [0, 0.1) is 16.1 Å². The van der Waals surface area contributed by atoms with E-state index in [0.717, 1.165) is 4.47 Å². The number of H-pyrrole nitrogens is 2. The van der Waals surface area contributed by atoms with Crippen LogP contribution in [0.4, 0.5) is 0 Å². The van der Waals surface area contributed by atoms with Crippen LogP contribution >= 0.6 is 28.1 Å². The quantitative estimate of drug-likeness (QED) is 0.832. The lowest BCUT2D eigenvalue weighted by atomic mass is 10.1. The minimum absolute atomic E-state index is 0.0300. The number of aromatic amines is 2. The molecular formula is C13H10BrN3O2S. The van der Waals surface area contributed by atoms with Gasteiger partial charge >= 0.3 is 0 Å². The van der Waals surface area contributed by atoms with Crippen molar-refractivity contribution in [2.45, 2.75) is 6.92 Å². The van der Waals surface area contributed by atoms with Crippen molar-refractivity contribution in [3.05, 3.63) is 43.4 Å². The van der Waals surface area contributed by atoms with Crippen molar-refractivity contribution in [1.82, 2.24) is 9.97 Å². The normalized spacial score (nSPS) is 10.1. The summed E-state index contributed by atoms with van der Waals surface area (Å²) < 4.78 is 6.49. The Bertz CT molecular complexity index is 804. The molecule has 1 aromatic carbocycles. The fourth-order valence-corrected chi connectivity index (χ4v) is 2.33. The molecular weight excluding hydrogens is 342 g/mol. The molecule has 0 saturated carbocycles. The third-order valence-corrected chi connectivity index (χ3v) is 3.26. The molecule has 0 aliphatic carbocycles. The maximum atomic E-state index is 11.8. The van der Waals surface area contributed by atoms with E-state index in [2.05, 4.69) is 25.9 Å². The summed E-state index contributed by atoms with van der Waals surface area (Å²) in [5.74, 6) is 0.573. The smallest absolute Gasteiger partial charge is 0.270 e. The molecule has 0 unspecified atom stereocenters. The van der Waals surface area contributed by atoms with Crippen molar-refractivity contribution < 1.29 is 4.74 Å². The average Bonchev–Trinajstić information content (AvgIpc) is 2.40. The molecule has 5 nitrogen and oxygen atoms in total. The second-order valence-corrected chi connectivity index (χ2v) is 5.17. The van der Waals surface area contributed by atoms with E-state index in [-0.39, 0.29) is 10.3 Å². The summed E-state index contributed by atoms with van der Waals surface area (Å²) >= 11 is 8.33. The van der Waals surface area contributed by atoms with Crippen molar-refractivity contribution in [2.75, 3.05) is 6.61 Å². The Morgan fingerprint density at radius 1 is 1.45 bits per heavy atom. The average molecular weight is 352 g/mol. The van der Waals surface area contributed by atoms with Crippen LogP contribution in [0.5, 0.6) is 5.75 Å². The molecule has 102 valence electrons. The number of benzene rings is 1. The van der Waals surface area contributed by atoms with E-state index in [4.69, 9.17) is 22.2 Å². The minimum Gasteiger partial charge on any atom is -0.493 e. The number of nitrogens with one attached hydrogen (secondary N) is 2. The summed E-state index contributed by atoms with van der Waals surface area (Å²) in [5.41, 5.74) is 0.410. The molecule has 0 aliphatic rings. The third kappa shape index (κ3) is 2.81. The molecule has 0 spiro atoms. The first-order valence-corrected chi connectivity index (χ1v) is 6.96. The van der Waals surface area contributed by atoms with E-state index in [9.17, 15) is 4.79 Å². The topological polar surface area (TPSA) is 81.7 Å². The van der Waals surface area contributed by atoms with Crippen molar-refractivity contribution in [3.8, 4) is 23.1 Å². The maximum absolute atomic E-state index is 11.8. The van der Waals surface area contributed by atoms with Gasteiger partial charge < -0.3 is 9.72 Å². The van der Waals surface area contributed by atoms with Gasteiger partial charge in [0.05, 0.1) is 12.3 Å². The number of hydrogen-bond acceptors (Lipinski definition) is 4. The Morgan fingerprint density at radius 3 is 2.85 bits per heavy atom. The van der Waals surface area contributed by atoms with E-state index in [0.29, 0.717) is 23.6 Å². The van der Waals surface area contributed by atoms with Crippen LogP contribution in [0.25, 0.3) is 11.3 Å². The predicted octanol–water partition coefficient (Wildman–Crippen LogP) is 3.13. The summed E-state index contributed by atoms with van der Waals surface area (Å²) in [5, 5.41) is 9.17. The first kappa shape index (κ1) is 14.5. The Balaban J connectivity index is 2.81. The molecule has 0 atom stereocenters. The first-order valence-electron chi connectivity index (χ1n) is 5.76. The molecule has 1 aromatic heterocycles. The summed E-state index contributed by atoms with van der Waals surface area (Å²) in [6.45, 7) is 2.33. The van der Waals surface area contributed by atoms with Gasteiger partial charge in [0.1, 0.15) is 17.4 Å². The highest BCUT2D eigenvalue weighted by molar-refractivity contribution is 9.10. The van der Waals surface area contributed by atoms with Crippen LogP contribution in [-0.4, -0.2) is 16.6 Å². The van der Waals surface area contributed by atoms with Gasteiger partial charge in [0.15, 0.2) is 4.77 Å². The standard InChI is InChI=1S/C13H10BrN3O2S/c1-2-19-10-4-3-7(14)5-8(10)11-9(6-15)12(18)17-13(20)16-11/h3-5H,2H2,1H3,(H2,16,17,18,20). The summed E-state index contributed by atoms with van der Waals surface area (Å²) in [4.78, 5) is 17.0. The zero-order chi connectivity index (χ0) is 14.7. The van der Waals surface area contributed by atoms with E-state index >= 15 is 0 Å². The fourth-order valence-electron chi connectivity index (χ4n) is 1.77. The molecule has 20 heavy (non-hydrogen) atoms. The number of nitriles is 1. The first-order chi connectivity index (χ1) is 9.56. The van der Waals surface area contributed by atoms with Gasteiger partial charge in [-0.15, -0.1) is 0 Å². The van der Waals surface area contributed by atoms with Gasteiger partial charge in [0.25, 0.3) is 5.56 Å². The summed E-state index contributed by atoms with van der Waals surface area (Å²) in [6, 6.07) is 7.24. The van der Waals surface area contributed by atoms with Gasteiger partial charge in [-0.1, -0.05) is 15.9 Å². The van der Waals surface area contributed by atoms with E-state index in [1.807, 2.05) is 19.1 Å². The lowest BCUT2D eigenvalue weighted by Gasteiger charge is -2.11.